The summed E-state index contributed by atoms with van der Waals surface area (Å²) in [5, 5.41) is 7.05. The third kappa shape index (κ3) is 2.49. The molecule has 3 heterocycles. The van der Waals surface area contributed by atoms with Crippen molar-refractivity contribution in [2.45, 2.75) is 20.3 Å². The fourth-order valence-electron chi connectivity index (χ4n) is 2.32. The minimum Gasteiger partial charge on any atom is -0.381 e. The predicted molar refractivity (Wildman–Crippen MR) is 71.5 cm³/mol. The van der Waals surface area contributed by atoms with Crippen LogP contribution in [0.3, 0.4) is 0 Å². The van der Waals surface area contributed by atoms with E-state index in [1.165, 1.54) is 0 Å². The van der Waals surface area contributed by atoms with Crippen LogP contribution in [0.1, 0.15) is 28.4 Å². The second-order valence-electron chi connectivity index (χ2n) is 5.13. The summed E-state index contributed by atoms with van der Waals surface area (Å²) in [5.74, 6) is 0.736. The zero-order valence-corrected chi connectivity index (χ0v) is 11.6. The van der Waals surface area contributed by atoms with Gasteiger partial charge in [-0.2, -0.15) is 4.98 Å². The van der Waals surface area contributed by atoms with Crippen molar-refractivity contribution in [3.8, 4) is 0 Å². The lowest BCUT2D eigenvalue weighted by atomic mass is 10.1. The zero-order chi connectivity index (χ0) is 14.1. The van der Waals surface area contributed by atoms with Gasteiger partial charge in [0.15, 0.2) is 0 Å². The van der Waals surface area contributed by atoms with Gasteiger partial charge >= 0.3 is 0 Å². The number of carbonyl (C=O) groups excluding carboxylic acids is 1. The highest BCUT2D eigenvalue weighted by atomic mass is 16.5. The molecule has 3 rings (SSSR count). The van der Waals surface area contributed by atoms with E-state index >= 15 is 0 Å². The summed E-state index contributed by atoms with van der Waals surface area (Å²) < 4.78 is 6.86. The van der Waals surface area contributed by atoms with Crippen molar-refractivity contribution in [2.75, 3.05) is 19.8 Å². The molecule has 20 heavy (non-hydrogen) atoms. The molecule has 0 unspecified atom stereocenters. The molecule has 0 saturated carbocycles. The van der Waals surface area contributed by atoms with Crippen LogP contribution in [0.25, 0.3) is 5.78 Å². The largest absolute Gasteiger partial charge is 0.381 e. The van der Waals surface area contributed by atoms with Crippen molar-refractivity contribution in [2.24, 2.45) is 5.92 Å². The molecule has 1 atom stereocenters. The first-order chi connectivity index (χ1) is 9.63. The zero-order valence-electron chi connectivity index (χ0n) is 11.6. The number of amides is 1. The third-order valence-corrected chi connectivity index (χ3v) is 3.40. The summed E-state index contributed by atoms with van der Waals surface area (Å²) in [6, 6.07) is 1.90. The summed E-state index contributed by atoms with van der Waals surface area (Å²) in [4.78, 5) is 20.5. The van der Waals surface area contributed by atoms with Crippen LogP contribution >= 0.6 is 0 Å². The molecule has 1 amide bonds. The van der Waals surface area contributed by atoms with Crippen LogP contribution in [0.4, 0.5) is 0 Å². The van der Waals surface area contributed by atoms with Crippen LogP contribution < -0.4 is 5.32 Å². The molecule has 1 saturated heterocycles. The first kappa shape index (κ1) is 13.0. The standard InChI is InChI=1S/C13H17N5O2/c1-8-5-9(2)18-13(15-8)16-11(17-18)12(19)14-6-10-3-4-20-7-10/h5,10H,3-4,6-7H2,1-2H3,(H,14,19)/t10-/m1/s1. The summed E-state index contributed by atoms with van der Waals surface area (Å²) in [7, 11) is 0. The van der Waals surface area contributed by atoms with Crippen molar-refractivity contribution in [3.63, 3.8) is 0 Å². The van der Waals surface area contributed by atoms with Crippen molar-refractivity contribution >= 4 is 11.7 Å². The van der Waals surface area contributed by atoms with E-state index < -0.39 is 0 Å². The summed E-state index contributed by atoms with van der Waals surface area (Å²) in [5.41, 5.74) is 1.76. The lowest BCUT2D eigenvalue weighted by Gasteiger charge is -2.07. The summed E-state index contributed by atoms with van der Waals surface area (Å²) in [6.45, 7) is 5.88. The van der Waals surface area contributed by atoms with Gasteiger partial charge in [0.1, 0.15) is 0 Å². The number of nitrogens with zero attached hydrogens (tertiary/aromatic N) is 4. The van der Waals surface area contributed by atoms with Gasteiger partial charge in [-0.1, -0.05) is 0 Å². The second kappa shape index (κ2) is 5.16. The number of hydrogen-bond donors (Lipinski definition) is 1. The Bertz CT molecular complexity index is 645. The number of aromatic nitrogens is 4. The van der Waals surface area contributed by atoms with E-state index in [1.54, 1.807) is 4.52 Å². The van der Waals surface area contributed by atoms with Crippen LogP contribution in [0.5, 0.6) is 0 Å². The van der Waals surface area contributed by atoms with Gasteiger partial charge in [-0.25, -0.2) is 9.50 Å². The van der Waals surface area contributed by atoms with Gasteiger partial charge < -0.3 is 10.1 Å². The molecule has 106 valence electrons. The number of nitrogens with one attached hydrogen (secondary N) is 1. The van der Waals surface area contributed by atoms with E-state index in [0.717, 1.165) is 24.4 Å². The average molecular weight is 275 g/mol. The molecule has 0 bridgehead atoms. The highest BCUT2D eigenvalue weighted by molar-refractivity contribution is 5.90. The molecule has 7 nitrogen and oxygen atoms in total. The molecule has 2 aromatic rings. The van der Waals surface area contributed by atoms with E-state index in [2.05, 4.69) is 20.4 Å². The number of hydrogen-bond acceptors (Lipinski definition) is 5. The van der Waals surface area contributed by atoms with Gasteiger partial charge in [0.2, 0.25) is 5.82 Å². The quantitative estimate of drug-likeness (QED) is 0.882. The Morgan fingerprint density at radius 1 is 1.50 bits per heavy atom. The second-order valence-corrected chi connectivity index (χ2v) is 5.13. The maximum Gasteiger partial charge on any atom is 0.291 e. The molecule has 7 heteroatoms. The van der Waals surface area contributed by atoms with Crippen LogP contribution in [0.2, 0.25) is 0 Å². The summed E-state index contributed by atoms with van der Waals surface area (Å²) >= 11 is 0. The Morgan fingerprint density at radius 2 is 2.35 bits per heavy atom. The SMILES string of the molecule is Cc1cc(C)n2nc(C(=O)NC[C@H]3CCOC3)nc2n1. The van der Waals surface area contributed by atoms with Gasteiger partial charge in [-0.3, -0.25) is 4.79 Å². The van der Waals surface area contributed by atoms with Crippen molar-refractivity contribution in [1.29, 1.82) is 0 Å². The Labute approximate surface area is 116 Å². The van der Waals surface area contributed by atoms with Crippen LogP contribution in [0.15, 0.2) is 6.07 Å². The number of aryl methyl sites for hydroxylation is 2. The first-order valence-corrected chi connectivity index (χ1v) is 6.70. The van der Waals surface area contributed by atoms with Crippen molar-refractivity contribution in [3.05, 3.63) is 23.3 Å². The molecule has 1 N–H and O–H groups in total. The lowest BCUT2D eigenvalue weighted by Crippen LogP contribution is -2.30. The van der Waals surface area contributed by atoms with Crippen LogP contribution in [0, 0.1) is 19.8 Å². The summed E-state index contributed by atoms with van der Waals surface area (Å²) in [6.07, 6.45) is 0.985. The molecule has 0 aliphatic carbocycles. The van der Waals surface area contributed by atoms with Crippen LogP contribution in [-0.2, 0) is 4.74 Å². The molecule has 1 fully saturated rings. The minimum absolute atomic E-state index is 0.158. The molecular weight excluding hydrogens is 258 g/mol. The highest BCUT2D eigenvalue weighted by Gasteiger charge is 2.19. The highest BCUT2D eigenvalue weighted by Crippen LogP contribution is 2.11. The Morgan fingerprint density at radius 3 is 3.10 bits per heavy atom. The number of rotatable bonds is 3. The molecular formula is C13H17N5O2. The molecule has 0 spiro atoms. The topological polar surface area (TPSA) is 81.4 Å². The number of carbonyl (C=O) groups is 1. The molecule has 2 aromatic heterocycles. The monoisotopic (exact) mass is 275 g/mol. The van der Waals surface area contributed by atoms with Gasteiger partial charge in [0.05, 0.1) is 6.61 Å². The predicted octanol–water partition coefficient (Wildman–Crippen LogP) is 0.507. The maximum absolute atomic E-state index is 12.0. The van der Waals surface area contributed by atoms with E-state index in [4.69, 9.17) is 4.74 Å². The molecule has 0 aromatic carbocycles. The fourth-order valence-corrected chi connectivity index (χ4v) is 2.32. The maximum atomic E-state index is 12.0. The molecule has 1 aliphatic heterocycles. The van der Waals surface area contributed by atoms with Crippen LogP contribution in [-0.4, -0.2) is 45.2 Å². The lowest BCUT2D eigenvalue weighted by molar-refractivity contribution is 0.0935. The number of ether oxygens (including phenoxy) is 1. The van der Waals surface area contributed by atoms with Gasteiger partial charge in [-0.15, -0.1) is 5.10 Å². The van der Waals surface area contributed by atoms with E-state index in [9.17, 15) is 4.79 Å². The number of fused-ring (bicyclic) bond motifs is 1. The minimum atomic E-state index is -0.264. The Balaban J connectivity index is 1.75. The van der Waals surface area contributed by atoms with E-state index in [1.807, 2.05) is 19.9 Å². The third-order valence-electron chi connectivity index (χ3n) is 3.40. The van der Waals surface area contributed by atoms with Gasteiger partial charge in [-0.05, 0) is 26.3 Å². The molecule has 0 radical (unpaired) electrons. The van der Waals surface area contributed by atoms with E-state index in [-0.39, 0.29) is 11.7 Å². The Kier molecular flexibility index (Phi) is 3.35. The first-order valence-electron chi connectivity index (χ1n) is 6.70. The normalized spacial score (nSPS) is 18.6. The van der Waals surface area contributed by atoms with Gasteiger partial charge in [0.25, 0.3) is 11.7 Å². The van der Waals surface area contributed by atoms with Crippen molar-refractivity contribution < 1.29 is 9.53 Å². The fraction of sp³-hybridized carbons (Fsp3) is 0.538. The smallest absolute Gasteiger partial charge is 0.291 e. The van der Waals surface area contributed by atoms with Gasteiger partial charge in [0, 0.05) is 30.5 Å². The Hall–Kier alpha value is -2.02. The van der Waals surface area contributed by atoms with E-state index in [0.29, 0.717) is 24.8 Å². The average Bonchev–Trinajstić information content (AvgIpc) is 3.04. The molecule has 1 aliphatic rings. The van der Waals surface area contributed by atoms with Crippen molar-refractivity contribution in [1.82, 2.24) is 24.9 Å².